The highest BCUT2D eigenvalue weighted by atomic mass is 35.5. The molecule has 0 saturated heterocycles. The first-order chi connectivity index (χ1) is 13.0. The van der Waals surface area contributed by atoms with Crippen molar-refractivity contribution in [1.82, 2.24) is 0 Å². The fourth-order valence-corrected chi connectivity index (χ4v) is 3.50. The summed E-state index contributed by atoms with van der Waals surface area (Å²) in [6.45, 7) is 3.55. The number of carbonyl (C=O) groups is 1. The first-order valence-electron chi connectivity index (χ1n) is 8.65. The summed E-state index contributed by atoms with van der Waals surface area (Å²) in [6, 6.07) is 10.8. The van der Waals surface area contributed by atoms with Crippen LogP contribution in [0.2, 0.25) is 5.02 Å². The van der Waals surface area contributed by atoms with E-state index in [9.17, 15) is 9.59 Å². The summed E-state index contributed by atoms with van der Waals surface area (Å²) in [5, 5.41) is 0.520. The summed E-state index contributed by atoms with van der Waals surface area (Å²) in [7, 11) is 0. The molecular formula is C21H17ClO5. The average molecular weight is 385 g/mol. The highest BCUT2D eigenvalue weighted by molar-refractivity contribution is 6.35. The molecule has 0 N–H and O–H groups in total. The van der Waals surface area contributed by atoms with Crippen LogP contribution in [0.1, 0.15) is 19.4 Å². The van der Waals surface area contributed by atoms with E-state index in [1.807, 2.05) is 30.3 Å². The molecule has 1 aromatic heterocycles. The van der Waals surface area contributed by atoms with E-state index in [0.29, 0.717) is 27.8 Å². The van der Waals surface area contributed by atoms with E-state index >= 15 is 0 Å². The van der Waals surface area contributed by atoms with Gasteiger partial charge in [0.25, 0.3) is 0 Å². The number of hydrogen-bond donors (Lipinski definition) is 0. The van der Waals surface area contributed by atoms with Crippen LogP contribution in [-0.2, 0) is 16.0 Å². The Kier molecular flexibility index (Phi) is 4.40. The number of benzene rings is 2. The Hall–Kier alpha value is -2.79. The van der Waals surface area contributed by atoms with Crippen LogP contribution in [-0.4, -0.2) is 18.2 Å². The number of fused-ring (bicyclic) bond motifs is 3. The fourth-order valence-electron chi connectivity index (χ4n) is 3.23. The van der Waals surface area contributed by atoms with Crippen molar-refractivity contribution in [1.29, 1.82) is 0 Å². The van der Waals surface area contributed by atoms with E-state index in [-0.39, 0.29) is 23.0 Å². The van der Waals surface area contributed by atoms with Gasteiger partial charge in [-0.25, -0.2) is 4.79 Å². The van der Waals surface area contributed by atoms with Gasteiger partial charge in [-0.05, 0) is 19.4 Å². The number of esters is 1. The summed E-state index contributed by atoms with van der Waals surface area (Å²) in [6.07, 6.45) is 0.679. The second-order valence-electron chi connectivity index (χ2n) is 6.68. The van der Waals surface area contributed by atoms with Gasteiger partial charge in [-0.15, -0.1) is 0 Å². The third-order valence-electron chi connectivity index (χ3n) is 4.42. The van der Waals surface area contributed by atoms with Crippen molar-refractivity contribution in [2.45, 2.75) is 32.5 Å². The van der Waals surface area contributed by atoms with Crippen molar-refractivity contribution in [3.8, 4) is 16.9 Å². The molecule has 1 atom stereocenters. The van der Waals surface area contributed by atoms with Crippen molar-refractivity contribution >= 4 is 28.5 Å². The van der Waals surface area contributed by atoms with Crippen LogP contribution < -0.4 is 10.2 Å². The first kappa shape index (κ1) is 17.6. The van der Waals surface area contributed by atoms with Gasteiger partial charge in [0, 0.05) is 18.1 Å². The van der Waals surface area contributed by atoms with Crippen LogP contribution in [0.15, 0.2) is 51.9 Å². The summed E-state index contributed by atoms with van der Waals surface area (Å²) >= 11 is 6.36. The van der Waals surface area contributed by atoms with Crippen LogP contribution >= 0.6 is 11.6 Å². The monoisotopic (exact) mass is 384 g/mol. The Morgan fingerprint density at radius 2 is 2.00 bits per heavy atom. The first-order valence-corrected chi connectivity index (χ1v) is 9.03. The molecule has 27 heavy (non-hydrogen) atoms. The molecule has 2 aromatic carbocycles. The molecule has 4 rings (SSSR count). The zero-order chi connectivity index (χ0) is 19.1. The topological polar surface area (TPSA) is 65.7 Å². The number of ether oxygens (including phenoxy) is 2. The van der Waals surface area contributed by atoms with Crippen LogP contribution in [0.25, 0.3) is 22.1 Å². The molecule has 1 unspecified atom stereocenters. The molecule has 0 radical (unpaired) electrons. The Morgan fingerprint density at radius 3 is 2.70 bits per heavy atom. The maximum absolute atomic E-state index is 13.0. The molecule has 5 nitrogen and oxygen atoms in total. The zero-order valence-corrected chi connectivity index (χ0v) is 15.6. The molecule has 6 heteroatoms. The maximum atomic E-state index is 13.0. The van der Waals surface area contributed by atoms with Gasteiger partial charge in [0.2, 0.25) is 5.43 Å². The minimum atomic E-state index is -0.775. The molecule has 2 heterocycles. The van der Waals surface area contributed by atoms with Crippen molar-refractivity contribution < 1.29 is 18.7 Å². The van der Waals surface area contributed by atoms with Crippen LogP contribution in [0.5, 0.6) is 5.75 Å². The number of halogens is 1. The molecule has 0 spiro atoms. The average Bonchev–Trinajstić information content (AvgIpc) is 3.06. The summed E-state index contributed by atoms with van der Waals surface area (Å²) in [4.78, 5) is 25.2. The lowest BCUT2D eigenvalue weighted by Crippen LogP contribution is -2.29. The van der Waals surface area contributed by atoms with Gasteiger partial charge < -0.3 is 13.9 Å². The van der Waals surface area contributed by atoms with Gasteiger partial charge >= 0.3 is 5.97 Å². The van der Waals surface area contributed by atoms with Gasteiger partial charge in [0.15, 0.2) is 6.10 Å². The molecule has 0 bridgehead atoms. The number of hydrogen-bond acceptors (Lipinski definition) is 5. The summed E-state index contributed by atoms with van der Waals surface area (Å²) in [5.74, 6) is -0.0115. The van der Waals surface area contributed by atoms with Crippen LogP contribution in [0.4, 0.5) is 0 Å². The summed E-state index contributed by atoms with van der Waals surface area (Å²) in [5.41, 5.74) is 1.96. The normalized spacial score (nSPS) is 15.6. The van der Waals surface area contributed by atoms with E-state index in [0.717, 1.165) is 5.56 Å². The number of carbonyl (C=O) groups excluding carboxylic acids is 1. The third kappa shape index (κ3) is 3.08. The highest BCUT2D eigenvalue weighted by Crippen LogP contribution is 2.39. The lowest BCUT2D eigenvalue weighted by atomic mass is 10.0. The van der Waals surface area contributed by atoms with Crippen molar-refractivity contribution in [3.63, 3.8) is 0 Å². The van der Waals surface area contributed by atoms with Crippen molar-refractivity contribution in [3.05, 3.63) is 63.5 Å². The predicted octanol–water partition coefficient (Wildman–Crippen LogP) is 4.37. The second-order valence-corrected chi connectivity index (χ2v) is 7.09. The predicted molar refractivity (Wildman–Crippen MR) is 102 cm³/mol. The molecule has 1 aliphatic heterocycles. The Morgan fingerprint density at radius 1 is 1.26 bits per heavy atom. The minimum Gasteiger partial charge on any atom is -0.478 e. The molecule has 0 saturated carbocycles. The Labute approximate surface area is 160 Å². The van der Waals surface area contributed by atoms with E-state index in [4.69, 9.17) is 25.5 Å². The molecule has 0 amide bonds. The number of rotatable bonds is 3. The van der Waals surface area contributed by atoms with E-state index in [2.05, 4.69) is 0 Å². The Bertz CT molecular complexity index is 1090. The van der Waals surface area contributed by atoms with E-state index in [1.165, 1.54) is 6.26 Å². The van der Waals surface area contributed by atoms with Gasteiger partial charge in [0.05, 0.1) is 22.1 Å². The minimum absolute atomic E-state index is 0.219. The van der Waals surface area contributed by atoms with E-state index in [1.54, 1.807) is 19.9 Å². The van der Waals surface area contributed by atoms with Gasteiger partial charge in [-0.1, -0.05) is 41.9 Å². The van der Waals surface area contributed by atoms with Gasteiger partial charge in [-0.3, -0.25) is 4.79 Å². The zero-order valence-electron chi connectivity index (χ0n) is 14.8. The lowest BCUT2D eigenvalue weighted by molar-refractivity contribution is -0.154. The molecule has 138 valence electrons. The third-order valence-corrected chi connectivity index (χ3v) is 4.72. The summed E-state index contributed by atoms with van der Waals surface area (Å²) < 4.78 is 16.7. The lowest BCUT2D eigenvalue weighted by Gasteiger charge is -2.12. The second kappa shape index (κ2) is 6.74. The molecule has 0 fully saturated rings. The van der Waals surface area contributed by atoms with Crippen LogP contribution in [0, 0.1) is 0 Å². The standard InChI is InChI=1S/C21H17ClO5/c1-11(2)26-21(24)17-8-13-16(27-17)9-15(22)18-19(23)14(10-25-20(13)18)12-6-4-3-5-7-12/h3-7,9-11,17H,8H2,1-2H3. The fraction of sp³-hybridized carbons (Fsp3) is 0.238. The smallest absolute Gasteiger partial charge is 0.347 e. The van der Waals surface area contributed by atoms with E-state index < -0.39 is 12.1 Å². The van der Waals surface area contributed by atoms with Gasteiger partial charge in [-0.2, -0.15) is 0 Å². The SMILES string of the molecule is CC(C)OC(=O)C1Cc2c(cc(Cl)c3c(=O)c(-c4ccccc4)coc23)O1. The largest absolute Gasteiger partial charge is 0.478 e. The van der Waals surface area contributed by atoms with Gasteiger partial charge in [0.1, 0.15) is 17.6 Å². The molecular weight excluding hydrogens is 368 g/mol. The van der Waals surface area contributed by atoms with Crippen LogP contribution in [0.3, 0.4) is 0 Å². The molecule has 3 aromatic rings. The quantitative estimate of drug-likeness (QED) is 0.627. The molecule has 0 aliphatic carbocycles. The molecule has 1 aliphatic rings. The van der Waals surface area contributed by atoms with Crippen molar-refractivity contribution in [2.75, 3.05) is 0 Å². The highest BCUT2D eigenvalue weighted by Gasteiger charge is 2.34. The Balaban J connectivity index is 1.81. The van der Waals surface area contributed by atoms with Crippen molar-refractivity contribution in [2.24, 2.45) is 0 Å². The maximum Gasteiger partial charge on any atom is 0.347 e.